The zero-order chi connectivity index (χ0) is 14.1. The van der Waals surface area contributed by atoms with Crippen molar-refractivity contribution in [2.24, 2.45) is 0 Å². The van der Waals surface area contributed by atoms with Gasteiger partial charge in [-0.1, -0.05) is 30.3 Å². The zero-order valence-corrected chi connectivity index (χ0v) is 12.2. The molecule has 2 aromatic carbocycles. The number of nitrogens with one attached hydrogen (secondary N) is 1. The monoisotopic (exact) mass is 266 g/mol. The molecule has 3 rings (SSSR count). The van der Waals surface area contributed by atoms with E-state index >= 15 is 0 Å². The maximum atomic E-state index is 5.87. The molecule has 0 aliphatic heterocycles. The van der Waals surface area contributed by atoms with Crippen molar-refractivity contribution in [3.63, 3.8) is 0 Å². The number of rotatable bonds is 3. The Labute approximate surface area is 121 Å². The first kappa shape index (κ1) is 13.2. The number of aryl methyl sites for hydroxylation is 2. The molecule has 20 heavy (non-hydrogen) atoms. The van der Waals surface area contributed by atoms with Gasteiger partial charge in [0.25, 0.3) is 0 Å². The fourth-order valence-electron chi connectivity index (χ4n) is 3.27. The Kier molecular flexibility index (Phi) is 3.49. The van der Waals surface area contributed by atoms with Gasteiger partial charge >= 0.3 is 0 Å². The Hall–Kier alpha value is -1.80. The lowest BCUT2D eigenvalue weighted by atomic mass is 10.0. The minimum atomic E-state index is 0.365. The number of nitrogen functional groups attached to an aromatic ring is 1. The summed E-state index contributed by atoms with van der Waals surface area (Å²) >= 11 is 0. The van der Waals surface area contributed by atoms with Crippen LogP contribution in [0.2, 0.25) is 0 Å². The first-order chi connectivity index (χ1) is 9.65. The summed E-state index contributed by atoms with van der Waals surface area (Å²) in [5.41, 5.74) is 12.3. The average Bonchev–Trinajstić information content (AvgIpc) is 2.81. The first-order valence-electron chi connectivity index (χ1n) is 7.35. The summed E-state index contributed by atoms with van der Waals surface area (Å²) in [7, 11) is 0. The van der Waals surface area contributed by atoms with Crippen LogP contribution in [0.4, 0.5) is 5.69 Å². The van der Waals surface area contributed by atoms with Crippen LogP contribution in [0.1, 0.15) is 47.7 Å². The van der Waals surface area contributed by atoms with Crippen LogP contribution in [-0.2, 0) is 6.42 Å². The summed E-state index contributed by atoms with van der Waals surface area (Å²) < 4.78 is 0. The molecule has 0 aromatic heterocycles. The number of hydrogen-bond acceptors (Lipinski definition) is 2. The predicted octanol–water partition coefficient (Wildman–Crippen LogP) is 3.92. The Morgan fingerprint density at radius 1 is 1.20 bits per heavy atom. The molecule has 1 aliphatic rings. The molecular weight excluding hydrogens is 244 g/mol. The fraction of sp³-hybridized carbons (Fsp3) is 0.333. The largest absolute Gasteiger partial charge is 0.399 e. The highest BCUT2D eigenvalue weighted by Gasteiger charge is 2.24. The number of anilines is 1. The molecule has 0 bridgehead atoms. The average molecular weight is 266 g/mol. The van der Waals surface area contributed by atoms with Gasteiger partial charge < -0.3 is 11.1 Å². The second-order valence-corrected chi connectivity index (χ2v) is 5.79. The number of hydrogen-bond donors (Lipinski definition) is 2. The molecule has 3 N–H and O–H groups in total. The second kappa shape index (κ2) is 5.29. The van der Waals surface area contributed by atoms with Crippen molar-refractivity contribution in [3.8, 4) is 0 Å². The third-order valence-corrected chi connectivity index (χ3v) is 4.35. The molecular formula is C18H22N2. The van der Waals surface area contributed by atoms with E-state index in [1.165, 1.54) is 22.3 Å². The fourth-order valence-corrected chi connectivity index (χ4v) is 3.27. The van der Waals surface area contributed by atoms with Crippen molar-refractivity contribution >= 4 is 5.69 Å². The standard InChI is InChI=1S/C18H22N2/c1-12-5-3-4-6-16(12)13(2)20-18-10-7-14-11-15(19)8-9-17(14)18/h3-6,8-9,11,13,18,20H,7,10,19H2,1-2H3/t13-,18?/m1/s1. The van der Waals surface area contributed by atoms with Gasteiger partial charge in [0, 0.05) is 17.8 Å². The van der Waals surface area contributed by atoms with E-state index in [0.717, 1.165) is 18.5 Å². The Morgan fingerprint density at radius 2 is 2.00 bits per heavy atom. The lowest BCUT2D eigenvalue weighted by Gasteiger charge is -2.22. The van der Waals surface area contributed by atoms with E-state index in [1.54, 1.807) is 0 Å². The molecule has 2 heteroatoms. The topological polar surface area (TPSA) is 38.0 Å². The van der Waals surface area contributed by atoms with Gasteiger partial charge in [-0.2, -0.15) is 0 Å². The highest BCUT2D eigenvalue weighted by Crippen LogP contribution is 2.34. The third kappa shape index (κ3) is 2.44. The minimum Gasteiger partial charge on any atom is -0.399 e. The number of benzene rings is 2. The lowest BCUT2D eigenvalue weighted by Crippen LogP contribution is -2.23. The smallest absolute Gasteiger partial charge is 0.0331 e. The second-order valence-electron chi connectivity index (χ2n) is 5.79. The number of nitrogens with two attached hydrogens (primary N) is 1. The van der Waals surface area contributed by atoms with Crippen molar-refractivity contribution in [1.29, 1.82) is 0 Å². The quantitative estimate of drug-likeness (QED) is 0.826. The van der Waals surface area contributed by atoms with E-state index in [2.05, 4.69) is 55.6 Å². The highest BCUT2D eigenvalue weighted by atomic mass is 15.0. The molecule has 2 atom stereocenters. The van der Waals surface area contributed by atoms with Crippen LogP contribution in [0.3, 0.4) is 0 Å². The summed E-state index contributed by atoms with van der Waals surface area (Å²) in [5, 5.41) is 3.77. The van der Waals surface area contributed by atoms with Crippen LogP contribution in [0.25, 0.3) is 0 Å². The predicted molar refractivity (Wildman–Crippen MR) is 84.6 cm³/mol. The van der Waals surface area contributed by atoms with E-state index in [9.17, 15) is 0 Å². The Morgan fingerprint density at radius 3 is 2.80 bits per heavy atom. The third-order valence-electron chi connectivity index (χ3n) is 4.35. The number of fused-ring (bicyclic) bond motifs is 1. The molecule has 0 spiro atoms. The van der Waals surface area contributed by atoms with Gasteiger partial charge in [0.15, 0.2) is 0 Å². The van der Waals surface area contributed by atoms with E-state index in [-0.39, 0.29) is 0 Å². The maximum Gasteiger partial charge on any atom is 0.0331 e. The molecule has 2 aromatic rings. The molecule has 0 radical (unpaired) electrons. The van der Waals surface area contributed by atoms with Crippen LogP contribution in [0.5, 0.6) is 0 Å². The summed E-state index contributed by atoms with van der Waals surface area (Å²) in [4.78, 5) is 0. The van der Waals surface area contributed by atoms with Gasteiger partial charge in [-0.15, -0.1) is 0 Å². The SMILES string of the molecule is Cc1ccccc1[C@@H](C)NC1CCc2cc(N)ccc21. The van der Waals surface area contributed by atoms with E-state index < -0.39 is 0 Å². The van der Waals surface area contributed by atoms with Gasteiger partial charge in [0.1, 0.15) is 0 Å². The van der Waals surface area contributed by atoms with Crippen molar-refractivity contribution in [2.45, 2.75) is 38.8 Å². The van der Waals surface area contributed by atoms with E-state index in [0.29, 0.717) is 12.1 Å². The Balaban J connectivity index is 1.79. The lowest BCUT2D eigenvalue weighted by molar-refractivity contribution is 0.464. The molecule has 0 saturated carbocycles. The van der Waals surface area contributed by atoms with Gasteiger partial charge in [0.05, 0.1) is 0 Å². The van der Waals surface area contributed by atoms with Gasteiger partial charge in [-0.05, 0) is 61.1 Å². The highest BCUT2D eigenvalue weighted by molar-refractivity contribution is 5.47. The molecule has 1 unspecified atom stereocenters. The van der Waals surface area contributed by atoms with Crippen LogP contribution >= 0.6 is 0 Å². The van der Waals surface area contributed by atoms with Crippen LogP contribution < -0.4 is 11.1 Å². The van der Waals surface area contributed by atoms with Gasteiger partial charge in [-0.3, -0.25) is 0 Å². The van der Waals surface area contributed by atoms with Crippen LogP contribution in [-0.4, -0.2) is 0 Å². The molecule has 0 fully saturated rings. The molecule has 0 heterocycles. The summed E-state index contributed by atoms with van der Waals surface area (Å²) in [6, 6.07) is 15.7. The van der Waals surface area contributed by atoms with Crippen LogP contribution in [0.15, 0.2) is 42.5 Å². The van der Waals surface area contributed by atoms with Gasteiger partial charge in [-0.25, -0.2) is 0 Å². The molecule has 1 aliphatic carbocycles. The molecule has 0 saturated heterocycles. The van der Waals surface area contributed by atoms with Crippen molar-refractivity contribution in [1.82, 2.24) is 5.32 Å². The first-order valence-corrected chi connectivity index (χ1v) is 7.35. The van der Waals surface area contributed by atoms with Crippen molar-refractivity contribution in [2.75, 3.05) is 5.73 Å². The van der Waals surface area contributed by atoms with E-state index in [1.807, 2.05) is 6.07 Å². The summed E-state index contributed by atoms with van der Waals surface area (Å²) in [6.45, 7) is 4.43. The normalized spacial score (nSPS) is 18.8. The molecule has 2 nitrogen and oxygen atoms in total. The molecule has 0 amide bonds. The Bertz CT molecular complexity index is 619. The molecule has 104 valence electrons. The van der Waals surface area contributed by atoms with Crippen LogP contribution in [0, 0.1) is 6.92 Å². The minimum absolute atomic E-state index is 0.365. The summed E-state index contributed by atoms with van der Waals surface area (Å²) in [6.07, 6.45) is 2.29. The van der Waals surface area contributed by atoms with Crippen molar-refractivity contribution in [3.05, 3.63) is 64.7 Å². The maximum absolute atomic E-state index is 5.87. The van der Waals surface area contributed by atoms with E-state index in [4.69, 9.17) is 5.73 Å². The summed E-state index contributed by atoms with van der Waals surface area (Å²) in [5.74, 6) is 0. The zero-order valence-electron chi connectivity index (χ0n) is 12.2. The van der Waals surface area contributed by atoms with Crippen molar-refractivity contribution < 1.29 is 0 Å². The van der Waals surface area contributed by atoms with Gasteiger partial charge in [0.2, 0.25) is 0 Å².